The summed E-state index contributed by atoms with van der Waals surface area (Å²) in [4.78, 5) is 26.5. The number of methoxy groups -OCH3 is 1. The summed E-state index contributed by atoms with van der Waals surface area (Å²) < 4.78 is 39.2. The van der Waals surface area contributed by atoms with Gasteiger partial charge in [0.05, 0.1) is 22.1 Å². The average Bonchev–Trinajstić information content (AvgIpc) is 3.07. The van der Waals surface area contributed by atoms with E-state index in [0.717, 1.165) is 25.8 Å². The molecule has 34 heavy (non-hydrogen) atoms. The second-order valence-electron chi connectivity index (χ2n) is 7.31. The minimum atomic E-state index is -0.483. The van der Waals surface area contributed by atoms with Gasteiger partial charge < -0.3 is 9.47 Å². The highest BCUT2D eigenvalue weighted by atomic mass is 127. The summed E-state index contributed by atoms with van der Waals surface area (Å²) in [5.41, 5.74) is 1.71. The van der Waals surface area contributed by atoms with Crippen molar-refractivity contribution in [3.05, 3.63) is 97.5 Å². The first-order chi connectivity index (χ1) is 16.4. The number of hydrogen-bond acceptors (Lipinski definition) is 5. The van der Waals surface area contributed by atoms with Crippen LogP contribution in [0.4, 0.5) is 13.6 Å². The third-order valence-corrected chi connectivity index (χ3v) is 6.71. The molecule has 1 fully saturated rings. The Hall–Kier alpha value is -2.92. The number of nitrogens with zero attached hydrogens (tertiary/aromatic N) is 1. The highest BCUT2D eigenvalue weighted by Gasteiger charge is 2.35. The van der Waals surface area contributed by atoms with Gasteiger partial charge in [-0.1, -0.05) is 30.3 Å². The van der Waals surface area contributed by atoms with Crippen molar-refractivity contribution in [1.29, 1.82) is 0 Å². The molecule has 4 rings (SSSR count). The van der Waals surface area contributed by atoms with E-state index in [1.54, 1.807) is 48.5 Å². The molecule has 1 saturated heterocycles. The van der Waals surface area contributed by atoms with Crippen molar-refractivity contribution in [3.8, 4) is 11.5 Å². The molecular weight excluding hydrogens is 575 g/mol. The number of carbonyl (C=O) groups excluding carboxylic acids is 2. The Bertz CT molecular complexity index is 1280. The van der Waals surface area contributed by atoms with Crippen LogP contribution in [-0.4, -0.2) is 23.2 Å². The van der Waals surface area contributed by atoms with Gasteiger partial charge in [-0.15, -0.1) is 0 Å². The summed E-state index contributed by atoms with van der Waals surface area (Å²) in [5.74, 6) is -0.313. The molecule has 2 amide bonds. The monoisotopic (exact) mass is 593 g/mol. The van der Waals surface area contributed by atoms with Crippen LogP contribution in [0.1, 0.15) is 16.7 Å². The molecular formula is C25H18F2INO4S. The summed E-state index contributed by atoms with van der Waals surface area (Å²) in [5, 5.41) is -0.458. The Labute approximate surface area is 212 Å². The molecule has 9 heteroatoms. The van der Waals surface area contributed by atoms with Crippen molar-refractivity contribution < 1.29 is 27.8 Å². The lowest BCUT2D eigenvalue weighted by atomic mass is 10.1. The number of halogens is 3. The van der Waals surface area contributed by atoms with E-state index < -0.39 is 17.0 Å². The number of thioether (sulfide) groups is 1. The predicted molar refractivity (Wildman–Crippen MR) is 134 cm³/mol. The fraction of sp³-hybridized carbons (Fsp3) is 0.120. The zero-order chi connectivity index (χ0) is 24.2. The molecule has 1 aliphatic rings. The molecule has 0 radical (unpaired) electrons. The van der Waals surface area contributed by atoms with Crippen molar-refractivity contribution in [2.45, 2.75) is 13.2 Å². The smallest absolute Gasteiger partial charge is 0.293 e. The number of amides is 2. The Morgan fingerprint density at radius 1 is 1.06 bits per heavy atom. The molecule has 174 valence electrons. The van der Waals surface area contributed by atoms with Gasteiger partial charge >= 0.3 is 0 Å². The molecule has 0 spiro atoms. The van der Waals surface area contributed by atoms with Gasteiger partial charge in [0.2, 0.25) is 0 Å². The minimum Gasteiger partial charge on any atom is -0.493 e. The molecule has 1 aliphatic heterocycles. The fourth-order valence-electron chi connectivity index (χ4n) is 3.28. The van der Waals surface area contributed by atoms with Crippen molar-refractivity contribution in [2.75, 3.05) is 7.11 Å². The van der Waals surface area contributed by atoms with Gasteiger partial charge in [0.1, 0.15) is 18.2 Å². The lowest BCUT2D eigenvalue weighted by molar-refractivity contribution is -0.123. The molecule has 1 heterocycles. The first-order valence-electron chi connectivity index (χ1n) is 10.1. The second kappa shape index (κ2) is 10.6. The normalized spacial score (nSPS) is 14.7. The van der Waals surface area contributed by atoms with Gasteiger partial charge in [-0.3, -0.25) is 14.5 Å². The third-order valence-electron chi connectivity index (χ3n) is 5.01. The Morgan fingerprint density at radius 2 is 1.79 bits per heavy atom. The maximum absolute atomic E-state index is 14.0. The lowest BCUT2D eigenvalue weighted by Gasteiger charge is -2.14. The van der Waals surface area contributed by atoms with Crippen LogP contribution in [0.15, 0.2) is 65.6 Å². The predicted octanol–water partition coefficient (Wildman–Crippen LogP) is 6.39. The first kappa shape index (κ1) is 24.2. The highest BCUT2D eigenvalue weighted by molar-refractivity contribution is 14.1. The van der Waals surface area contributed by atoms with Gasteiger partial charge in [0.15, 0.2) is 11.5 Å². The summed E-state index contributed by atoms with van der Waals surface area (Å²) in [6.45, 7) is 0.0899. The van der Waals surface area contributed by atoms with Crippen molar-refractivity contribution >= 4 is 51.6 Å². The Balaban J connectivity index is 1.53. The molecule has 0 bridgehead atoms. The van der Waals surface area contributed by atoms with Crippen molar-refractivity contribution in [1.82, 2.24) is 4.90 Å². The fourth-order valence-corrected chi connectivity index (χ4v) is 4.90. The van der Waals surface area contributed by atoms with Gasteiger partial charge in [-0.25, -0.2) is 8.78 Å². The standard InChI is InChI=1S/C25H18F2INO4S/c1-32-21-11-16(10-20(28)23(21)33-14-15-6-8-18(26)9-7-15)12-22-24(30)29(25(31)34-22)13-17-4-2-3-5-19(17)27/h2-12H,13-14H2,1H3/b22-12-. The van der Waals surface area contributed by atoms with Crippen LogP contribution in [0.5, 0.6) is 11.5 Å². The van der Waals surface area contributed by atoms with Gasteiger partial charge in [-0.05, 0) is 81.9 Å². The molecule has 3 aromatic rings. The zero-order valence-corrected chi connectivity index (χ0v) is 20.9. The molecule has 0 aliphatic carbocycles. The Kier molecular flexibility index (Phi) is 7.52. The molecule has 0 N–H and O–H groups in total. The number of rotatable bonds is 7. The van der Waals surface area contributed by atoms with Crippen LogP contribution in [0.3, 0.4) is 0 Å². The minimum absolute atomic E-state index is 0.133. The molecule has 0 atom stereocenters. The summed E-state index contributed by atoms with van der Waals surface area (Å²) in [6.07, 6.45) is 1.60. The number of hydrogen-bond donors (Lipinski definition) is 0. The molecule has 3 aromatic carbocycles. The molecule has 0 aromatic heterocycles. The van der Waals surface area contributed by atoms with E-state index in [9.17, 15) is 18.4 Å². The van der Waals surface area contributed by atoms with E-state index in [4.69, 9.17) is 9.47 Å². The van der Waals surface area contributed by atoms with Crippen LogP contribution in [0.2, 0.25) is 0 Å². The summed E-state index contributed by atoms with van der Waals surface area (Å²) >= 11 is 2.90. The van der Waals surface area contributed by atoms with E-state index in [2.05, 4.69) is 22.6 Å². The van der Waals surface area contributed by atoms with Crippen molar-refractivity contribution in [2.24, 2.45) is 0 Å². The van der Waals surface area contributed by atoms with Gasteiger partial charge in [0, 0.05) is 5.56 Å². The Morgan fingerprint density at radius 3 is 2.50 bits per heavy atom. The van der Waals surface area contributed by atoms with E-state index in [-0.39, 0.29) is 29.4 Å². The van der Waals surface area contributed by atoms with E-state index in [1.807, 2.05) is 0 Å². The van der Waals surface area contributed by atoms with E-state index in [0.29, 0.717) is 17.1 Å². The molecule has 0 saturated carbocycles. The van der Waals surface area contributed by atoms with Crippen LogP contribution in [-0.2, 0) is 17.9 Å². The maximum atomic E-state index is 14.0. The van der Waals surface area contributed by atoms with Gasteiger partial charge in [0.25, 0.3) is 11.1 Å². The highest BCUT2D eigenvalue weighted by Crippen LogP contribution is 2.38. The SMILES string of the molecule is COc1cc(/C=C2\SC(=O)N(Cc3ccccc3F)C2=O)cc(I)c1OCc1ccc(F)cc1. The average molecular weight is 593 g/mol. The van der Waals surface area contributed by atoms with Crippen LogP contribution in [0.25, 0.3) is 6.08 Å². The maximum Gasteiger partial charge on any atom is 0.293 e. The second-order valence-corrected chi connectivity index (χ2v) is 9.46. The number of benzene rings is 3. The number of ether oxygens (including phenoxy) is 2. The largest absolute Gasteiger partial charge is 0.493 e. The lowest BCUT2D eigenvalue weighted by Crippen LogP contribution is -2.27. The van der Waals surface area contributed by atoms with Crippen LogP contribution in [0, 0.1) is 15.2 Å². The summed E-state index contributed by atoms with van der Waals surface area (Å²) in [7, 11) is 1.50. The first-order valence-corrected chi connectivity index (χ1v) is 12.0. The van der Waals surface area contributed by atoms with Gasteiger partial charge in [-0.2, -0.15) is 0 Å². The zero-order valence-electron chi connectivity index (χ0n) is 17.9. The topological polar surface area (TPSA) is 55.8 Å². The van der Waals surface area contributed by atoms with E-state index in [1.165, 1.54) is 25.3 Å². The van der Waals surface area contributed by atoms with Crippen LogP contribution >= 0.6 is 34.4 Å². The quantitative estimate of drug-likeness (QED) is 0.235. The number of carbonyl (C=O) groups is 2. The third kappa shape index (κ3) is 5.41. The van der Waals surface area contributed by atoms with Crippen molar-refractivity contribution in [3.63, 3.8) is 0 Å². The van der Waals surface area contributed by atoms with Crippen LogP contribution < -0.4 is 9.47 Å². The van der Waals surface area contributed by atoms with E-state index >= 15 is 0 Å². The molecule has 0 unspecified atom stereocenters. The summed E-state index contributed by atoms with van der Waals surface area (Å²) in [6, 6.07) is 15.5. The number of imide groups is 1. The molecule has 5 nitrogen and oxygen atoms in total.